The van der Waals surface area contributed by atoms with Crippen LogP contribution >= 0.6 is 0 Å². The number of imide groups is 1. The number of hydrogen-bond acceptors (Lipinski definition) is 2. The van der Waals surface area contributed by atoms with Crippen LogP contribution in [-0.4, -0.2) is 29.9 Å². The molecule has 1 N–H and O–H groups in total. The standard InChI is InChI=1S/C9H16N2O2/c1-7(2)8(12)10-9(13)11-5-3-4-6-11/h7H,3-6H2,1-2H3,(H,10,12,13). The van der Waals surface area contributed by atoms with Crippen LogP contribution in [0.3, 0.4) is 0 Å². The van der Waals surface area contributed by atoms with Gasteiger partial charge in [-0.3, -0.25) is 10.1 Å². The van der Waals surface area contributed by atoms with Gasteiger partial charge in [-0.25, -0.2) is 4.79 Å². The van der Waals surface area contributed by atoms with E-state index in [4.69, 9.17) is 0 Å². The van der Waals surface area contributed by atoms with E-state index in [1.165, 1.54) is 0 Å². The topological polar surface area (TPSA) is 49.4 Å². The van der Waals surface area contributed by atoms with Crippen molar-refractivity contribution in [3.8, 4) is 0 Å². The molecule has 0 aromatic rings. The fraction of sp³-hybridized carbons (Fsp3) is 0.778. The zero-order valence-corrected chi connectivity index (χ0v) is 8.17. The lowest BCUT2D eigenvalue weighted by Crippen LogP contribution is -2.42. The minimum atomic E-state index is -0.240. The Hall–Kier alpha value is -1.06. The van der Waals surface area contributed by atoms with Crippen molar-refractivity contribution < 1.29 is 9.59 Å². The van der Waals surface area contributed by atoms with Crippen LogP contribution in [0.4, 0.5) is 4.79 Å². The molecule has 0 aliphatic carbocycles. The van der Waals surface area contributed by atoms with E-state index in [-0.39, 0.29) is 17.9 Å². The predicted octanol–water partition coefficient (Wildman–Crippen LogP) is 0.974. The van der Waals surface area contributed by atoms with E-state index >= 15 is 0 Å². The van der Waals surface area contributed by atoms with Crippen LogP contribution in [-0.2, 0) is 4.79 Å². The maximum absolute atomic E-state index is 11.4. The maximum atomic E-state index is 11.4. The average Bonchev–Trinajstić information content (AvgIpc) is 2.55. The van der Waals surface area contributed by atoms with Gasteiger partial charge in [0.2, 0.25) is 5.91 Å². The minimum Gasteiger partial charge on any atom is -0.324 e. The van der Waals surface area contributed by atoms with Crippen LogP contribution in [0.2, 0.25) is 0 Å². The van der Waals surface area contributed by atoms with Crippen molar-refractivity contribution >= 4 is 11.9 Å². The number of carbonyl (C=O) groups excluding carboxylic acids is 2. The van der Waals surface area contributed by atoms with Gasteiger partial charge in [0.1, 0.15) is 0 Å². The number of hydrogen-bond donors (Lipinski definition) is 1. The van der Waals surface area contributed by atoms with Gasteiger partial charge in [-0.1, -0.05) is 13.8 Å². The zero-order chi connectivity index (χ0) is 9.84. The van der Waals surface area contributed by atoms with E-state index in [1.54, 1.807) is 18.7 Å². The van der Waals surface area contributed by atoms with E-state index in [0.29, 0.717) is 0 Å². The van der Waals surface area contributed by atoms with Crippen molar-refractivity contribution in [2.24, 2.45) is 5.92 Å². The summed E-state index contributed by atoms with van der Waals surface area (Å²) >= 11 is 0. The van der Waals surface area contributed by atoms with Gasteiger partial charge < -0.3 is 4.90 Å². The molecule has 74 valence electrons. The smallest absolute Gasteiger partial charge is 0.324 e. The van der Waals surface area contributed by atoms with Crippen molar-refractivity contribution in [1.29, 1.82) is 0 Å². The Bertz CT molecular complexity index is 208. The normalized spacial score (nSPS) is 16.4. The van der Waals surface area contributed by atoms with Gasteiger partial charge in [0, 0.05) is 19.0 Å². The van der Waals surface area contributed by atoms with Crippen molar-refractivity contribution in [3.05, 3.63) is 0 Å². The molecule has 0 radical (unpaired) electrons. The SMILES string of the molecule is CC(C)C(=O)NC(=O)N1CCCC1. The van der Waals surface area contributed by atoms with Crippen LogP contribution in [0.15, 0.2) is 0 Å². The largest absolute Gasteiger partial charge is 0.324 e. The highest BCUT2D eigenvalue weighted by molar-refractivity contribution is 5.95. The summed E-state index contributed by atoms with van der Waals surface area (Å²) in [5.74, 6) is -0.330. The van der Waals surface area contributed by atoms with E-state index in [9.17, 15) is 9.59 Å². The first kappa shape index (κ1) is 10.0. The monoisotopic (exact) mass is 184 g/mol. The summed E-state index contributed by atoms with van der Waals surface area (Å²) in [6.45, 7) is 5.09. The number of carbonyl (C=O) groups is 2. The molecule has 0 spiro atoms. The molecule has 0 aromatic heterocycles. The Kier molecular flexibility index (Phi) is 3.28. The molecule has 1 aliphatic heterocycles. The molecule has 1 heterocycles. The van der Waals surface area contributed by atoms with E-state index < -0.39 is 0 Å². The Balaban J connectivity index is 2.36. The van der Waals surface area contributed by atoms with E-state index in [2.05, 4.69) is 5.32 Å². The molecule has 13 heavy (non-hydrogen) atoms. The number of nitrogens with one attached hydrogen (secondary N) is 1. The summed E-state index contributed by atoms with van der Waals surface area (Å²) in [5.41, 5.74) is 0. The molecule has 4 heteroatoms. The van der Waals surface area contributed by atoms with E-state index in [0.717, 1.165) is 25.9 Å². The summed E-state index contributed by atoms with van der Waals surface area (Å²) < 4.78 is 0. The van der Waals surface area contributed by atoms with Gasteiger partial charge >= 0.3 is 6.03 Å². The second-order valence-electron chi connectivity index (χ2n) is 3.64. The third-order valence-electron chi connectivity index (χ3n) is 2.15. The third kappa shape index (κ3) is 2.72. The van der Waals surface area contributed by atoms with Gasteiger partial charge in [-0.05, 0) is 12.8 Å². The Morgan fingerprint density at radius 2 is 1.77 bits per heavy atom. The van der Waals surface area contributed by atoms with Crippen molar-refractivity contribution in [2.75, 3.05) is 13.1 Å². The summed E-state index contributed by atoms with van der Waals surface area (Å²) in [7, 11) is 0. The predicted molar refractivity (Wildman–Crippen MR) is 49.2 cm³/mol. The molecule has 1 rings (SSSR count). The number of urea groups is 1. The fourth-order valence-electron chi connectivity index (χ4n) is 1.25. The van der Waals surface area contributed by atoms with Gasteiger partial charge in [0.15, 0.2) is 0 Å². The lowest BCUT2D eigenvalue weighted by molar-refractivity contribution is -0.123. The summed E-state index contributed by atoms with van der Waals surface area (Å²) in [6.07, 6.45) is 2.09. The first-order chi connectivity index (χ1) is 6.11. The second-order valence-corrected chi connectivity index (χ2v) is 3.64. The highest BCUT2D eigenvalue weighted by Crippen LogP contribution is 2.07. The first-order valence-electron chi connectivity index (χ1n) is 4.71. The fourth-order valence-corrected chi connectivity index (χ4v) is 1.25. The summed E-state index contributed by atoms with van der Waals surface area (Å²) in [4.78, 5) is 24.2. The van der Waals surface area contributed by atoms with Crippen molar-refractivity contribution in [1.82, 2.24) is 10.2 Å². The number of likely N-dealkylation sites (tertiary alicyclic amines) is 1. The molecule has 4 nitrogen and oxygen atoms in total. The molecule has 0 saturated carbocycles. The van der Waals surface area contributed by atoms with Gasteiger partial charge in [0.25, 0.3) is 0 Å². The molecule has 3 amide bonds. The van der Waals surface area contributed by atoms with Crippen LogP contribution in [0.5, 0.6) is 0 Å². The Morgan fingerprint density at radius 3 is 2.23 bits per heavy atom. The molecule has 1 saturated heterocycles. The lowest BCUT2D eigenvalue weighted by atomic mass is 10.2. The van der Waals surface area contributed by atoms with Crippen molar-refractivity contribution in [2.45, 2.75) is 26.7 Å². The van der Waals surface area contributed by atoms with E-state index in [1.807, 2.05) is 0 Å². The Labute approximate surface area is 78.3 Å². The maximum Gasteiger partial charge on any atom is 0.324 e. The minimum absolute atomic E-state index is 0.133. The third-order valence-corrected chi connectivity index (χ3v) is 2.15. The number of amides is 3. The van der Waals surface area contributed by atoms with Crippen LogP contribution in [0.1, 0.15) is 26.7 Å². The molecule has 1 fully saturated rings. The highest BCUT2D eigenvalue weighted by atomic mass is 16.2. The van der Waals surface area contributed by atoms with Gasteiger partial charge in [0.05, 0.1) is 0 Å². The quantitative estimate of drug-likeness (QED) is 0.660. The average molecular weight is 184 g/mol. The van der Waals surface area contributed by atoms with Crippen LogP contribution in [0.25, 0.3) is 0 Å². The second kappa shape index (κ2) is 4.25. The number of rotatable bonds is 1. The lowest BCUT2D eigenvalue weighted by Gasteiger charge is -2.16. The van der Waals surface area contributed by atoms with Crippen LogP contribution in [0, 0.1) is 5.92 Å². The molecule has 0 bridgehead atoms. The van der Waals surface area contributed by atoms with Gasteiger partial charge in [-0.2, -0.15) is 0 Å². The first-order valence-corrected chi connectivity index (χ1v) is 4.71. The van der Waals surface area contributed by atoms with Gasteiger partial charge in [-0.15, -0.1) is 0 Å². The molecule has 0 aromatic carbocycles. The van der Waals surface area contributed by atoms with Crippen LogP contribution < -0.4 is 5.32 Å². The molecule has 0 atom stereocenters. The molecule has 1 aliphatic rings. The summed E-state index contributed by atoms with van der Waals surface area (Å²) in [5, 5.41) is 2.37. The highest BCUT2D eigenvalue weighted by Gasteiger charge is 2.20. The summed E-state index contributed by atoms with van der Waals surface area (Å²) in [6, 6.07) is -0.240. The molecular weight excluding hydrogens is 168 g/mol. The Morgan fingerprint density at radius 1 is 1.23 bits per heavy atom. The molecule has 0 unspecified atom stereocenters. The number of nitrogens with zero attached hydrogens (tertiary/aromatic N) is 1. The van der Waals surface area contributed by atoms with Crippen molar-refractivity contribution in [3.63, 3.8) is 0 Å². The zero-order valence-electron chi connectivity index (χ0n) is 8.17. The molecular formula is C9H16N2O2.